The van der Waals surface area contributed by atoms with Gasteiger partial charge in [-0.15, -0.1) is 0 Å². The van der Waals surface area contributed by atoms with Crippen molar-refractivity contribution in [3.8, 4) is 11.4 Å². The highest BCUT2D eigenvalue weighted by atomic mass is 19.1. The number of alkyl halides is 1. The third-order valence-electron chi connectivity index (χ3n) is 7.55. The Kier molecular flexibility index (Phi) is 7.11. The van der Waals surface area contributed by atoms with Gasteiger partial charge < -0.3 is 15.6 Å². The highest BCUT2D eigenvalue weighted by molar-refractivity contribution is 5.96. The average Bonchev–Trinajstić information content (AvgIpc) is 3.33. The number of carbonyl (C=O) groups is 2. The van der Waals surface area contributed by atoms with Gasteiger partial charge >= 0.3 is 0 Å². The average molecular weight is 477 g/mol. The van der Waals surface area contributed by atoms with Gasteiger partial charge in [0.15, 0.2) is 0 Å². The van der Waals surface area contributed by atoms with E-state index in [1.807, 2.05) is 42.5 Å². The molecule has 0 aliphatic heterocycles. The van der Waals surface area contributed by atoms with Crippen LogP contribution in [0.4, 0.5) is 10.1 Å². The van der Waals surface area contributed by atoms with Crippen LogP contribution in [0.1, 0.15) is 68.1 Å². The van der Waals surface area contributed by atoms with Crippen LogP contribution in [-0.4, -0.2) is 34.5 Å². The minimum absolute atomic E-state index is 0.000454. The van der Waals surface area contributed by atoms with E-state index in [0.717, 1.165) is 55.1 Å². The van der Waals surface area contributed by atoms with Crippen LogP contribution in [-0.2, 0) is 4.79 Å². The summed E-state index contributed by atoms with van der Waals surface area (Å²) in [6.07, 6.45) is 8.78. The molecule has 35 heavy (non-hydrogen) atoms. The molecule has 5 rings (SSSR count). The number of nitrogens with zero attached hydrogens (tertiary/aromatic N) is 1. The summed E-state index contributed by atoms with van der Waals surface area (Å²) >= 11 is 0. The second-order valence-electron chi connectivity index (χ2n) is 10.1. The van der Waals surface area contributed by atoms with Crippen molar-refractivity contribution < 1.29 is 14.0 Å². The molecule has 3 aromatic rings. The fourth-order valence-corrected chi connectivity index (χ4v) is 5.34. The number of halogens is 1. The Balaban J connectivity index is 1.23. The van der Waals surface area contributed by atoms with Gasteiger partial charge in [0.25, 0.3) is 5.91 Å². The molecular weight excluding hydrogens is 443 g/mol. The Morgan fingerprint density at radius 2 is 1.69 bits per heavy atom. The van der Waals surface area contributed by atoms with E-state index in [1.165, 1.54) is 19.3 Å². The fourth-order valence-electron chi connectivity index (χ4n) is 5.34. The maximum Gasteiger partial charge on any atom is 0.251 e. The van der Waals surface area contributed by atoms with E-state index in [-0.39, 0.29) is 36.4 Å². The molecule has 184 valence electrons. The van der Waals surface area contributed by atoms with Crippen molar-refractivity contribution in [2.45, 2.75) is 63.8 Å². The highest BCUT2D eigenvalue weighted by Crippen LogP contribution is 2.30. The topological polar surface area (TPSA) is 86.9 Å². The molecule has 1 heterocycles. The normalized spacial score (nSPS) is 21.1. The van der Waals surface area contributed by atoms with Crippen LogP contribution in [0, 0.1) is 11.8 Å². The maximum absolute atomic E-state index is 12.8. The van der Waals surface area contributed by atoms with Gasteiger partial charge in [0, 0.05) is 28.8 Å². The first-order valence-corrected chi connectivity index (χ1v) is 12.9. The molecule has 2 amide bonds. The number of amides is 2. The maximum atomic E-state index is 12.8. The van der Waals surface area contributed by atoms with Crippen LogP contribution in [0.2, 0.25) is 0 Å². The lowest BCUT2D eigenvalue weighted by Gasteiger charge is -2.25. The van der Waals surface area contributed by atoms with Gasteiger partial charge in [0.2, 0.25) is 5.91 Å². The zero-order valence-corrected chi connectivity index (χ0v) is 20.0. The molecule has 3 N–H and O–H groups in total. The number of H-pyrrole nitrogens is 1. The Morgan fingerprint density at radius 3 is 2.40 bits per heavy atom. The van der Waals surface area contributed by atoms with E-state index in [1.54, 1.807) is 0 Å². The lowest BCUT2D eigenvalue weighted by molar-refractivity contribution is -0.121. The quantitative estimate of drug-likeness (QED) is 0.407. The summed E-state index contributed by atoms with van der Waals surface area (Å²) in [5, 5.41) is 6.16. The molecule has 2 fully saturated rings. The summed E-state index contributed by atoms with van der Waals surface area (Å²) in [7, 11) is 0. The third kappa shape index (κ3) is 5.55. The monoisotopic (exact) mass is 476 g/mol. The van der Waals surface area contributed by atoms with Crippen LogP contribution in [0.3, 0.4) is 0 Å². The summed E-state index contributed by atoms with van der Waals surface area (Å²) in [5.74, 6) is 0.744. The van der Waals surface area contributed by atoms with Gasteiger partial charge in [0.1, 0.15) is 5.82 Å². The SMILES string of the molecule is O=C(NC1CCCCC1)c1ccc(-c2nc3cc(NC(=O)C4CCC(CF)CC4)ccc3[nH]2)cc1. The van der Waals surface area contributed by atoms with Crippen molar-refractivity contribution in [1.29, 1.82) is 0 Å². The number of aromatic amines is 1. The number of rotatable bonds is 6. The van der Waals surface area contributed by atoms with Crippen LogP contribution in [0.25, 0.3) is 22.4 Å². The van der Waals surface area contributed by atoms with E-state index < -0.39 is 0 Å². The van der Waals surface area contributed by atoms with Gasteiger partial charge in [-0.1, -0.05) is 31.4 Å². The molecule has 1 aromatic heterocycles. The molecule has 0 atom stereocenters. The van der Waals surface area contributed by atoms with Crippen molar-refractivity contribution in [1.82, 2.24) is 15.3 Å². The second kappa shape index (κ2) is 10.6. The lowest BCUT2D eigenvalue weighted by Crippen LogP contribution is -2.36. The van der Waals surface area contributed by atoms with Gasteiger partial charge in [-0.05, 0) is 74.8 Å². The first kappa shape index (κ1) is 23.5. The predicted molar refractivity (Wildman–Crippen MR) is 136 cm³/mol. The van der Waals surface area contributed by atoms with E-state index in [0.29, 0.717) is 17.1 Å². The number of hydrogen-bond donors (Lipinski definition) is 3. The highest BCUT2D eigenvalue weighted by Gasteiger charge is 2.26. The van der Waals surface area contributed by atoms with Crippen molar-refractivity contribution >= 4 is 28.5 Å². The molecule has 0 saturated heterocycles. The minimum atomic E-state index is -0.289. The van der Waals surface area contributed by atoms with Crippen LogP contribution in [0.5, 0.6) is 0 Å². The van der Waals surface area contributed by atoms with Crippen LogP contribution in [0.15, 0.2) is 42.5 Å². The number of anilines is 1. The zero-order chi connectivity index (χ0) is 24.2. The molecule has 6 nitrogen and oxygen atoms in total. The molecule has 2 aliphatic rings. The zero-order valence-electron chi connectivity index (χ0n) is 20.0. The molecular formula is C28H33FN4O2. The number of hydrogen-bond acceptors (Lipinski definition) is 3. The Morgan fingerprint density at radius 1 is 0.943 bits per heavy atom. The number of imidazole rings is 1. The first-order chi connectivity index (χ1) is 17.1. The summed E-state index contributed by atoms with van der Waals surface area (Å²) in [5.41, 5.74) is 3.90. The molecule has 2 aromatic carbocycles. The van der Waals surface area contributed by atoms with Crippen molar-refractivity contribution in [3.05, 3.63) is 48.0 Å². The summed E-state index contributed by atoms with van der Waals surface area (Å²) in [6, 6.07) is 13.4. The van der Waals surface area contributed by atoms with Gasteiger partial charge in [-0.25, -0.2) is 4.98 Å². The number of carbonyl (C=O) groups excluding carboxylic acids is 2. The third-order valence-corrected chi connectivity index (χ3v) is 7.55. The van der Waals surface area contributed by atoms with Gasteiger partial charge in [-0.3, -0.25) is 14.0 Å². The number of benzene rings is 2. The number of aromatic nitrogens is 2. The van der Waals surface area contributed by atoms with E-state index in [9.17, 15) is 14.0 Å². The van der Waals surface area contributed by atoms with Crippen molar-refractivity contribution in [3.63, 3.8) is 0 Å². The van der Waals surface area contributed by atoms with E-state index >= 15 is 0 Å². The molecule has 7 heteroatoms. The minimum Gasteiger partial charge on any atom is -0.349 e. The second-order valence-corrected chi connectivity index (χ2v) is 10.1. The fraction of sp³-hybridized carbons (Fsp3) is 0.464. The lowest BCUT2D eigenvalue weighted by atomic mass is 9.82. The van der Waals surface area contributed by atoms with Gasteiger partial charge in [-0.2, -0.15) is 0 Å². The smallest absolute Gasteiger partial charge is 0.251 e. The predicted octanol–water partition coefficient (Wildman–Crippen LogP) is 6.01. The summed E-state index contributed by atoms with van der Waals surface area (Å²) < 4.78 is 12.8. The molecule has 2 aliphatic carbocycles. The largest absolute Gasteiger partial charge is 0.349 e. The first-order valence-electron chi connectivity index (χ1n) is 12.9. The number of fused-ring (bicyclic) bond motifs is 1. The molecule has 0 bridgehead atoms. The molecule has 0 spiro atoms. The Bertz CT molecular complexity index is 1180. The van der Waals surface area contributed by atoms with E-state index in [2.05, 4.69) is 15.6 Å². The van der Waals surface area contributed by atoms with Gasteiger partial charge in [0.05, 0.1) is 17.7 Å². The van der Waals surface area contributed by atoms with Crippen molar-refractivity contribution in [2.24, 2.45) is 11.8 Å². The Labute approximate surface area is 205 Å². The number of nitrogens with one attached hydrogen (secondary N) is 3. The van der Waals surface area contributed by atoms with Crippen LogP contribution >= 0.6 is 0 Å². The van der Waals surface area contributed by atoms with E-state index in [4.69, 9.17) is 4.98 Å². The summed E-state index contributed by atoms with van der Waals surface area (Å²) in [6.45, 7) is -0.289. The molecule has 0 radical (unpaired) electrons. The molecule has 0 unspecified atom stereocenters. The van der Waals surface area contributed by atoms with Crippen LogP contribution < -0.4 is 10.6 Å². The summed E-state index contributed by atoms with van der Waals surface area (Å²) in [4.78, 5) is 33.3. The van der Waals surface area contributed by atoms with Crippen molar-refractivity contribution in [2.75, 3.05) is 12.0 Å². The standard InChI is InChI=1S/C28H33FN4O2/c29-17-18-6-8-20(9-7-18)28(35)31-23-14-15-24-25(16-23)33-26(32-24)19-10-12-21(13-11-19)27(34)30-22-4-2-1-3-5-22/h10-16,18,20,22H,1-9,17H2,(H,30,34)(H,31,35)(H,32,33). The molecule has 2 saturated carbocycles. The Hall–Kier alpha value is -3.22.